The number of piperidine rings is 1. The highest BCUT2D eigenvalue weighted by molar-refractivity contribution is 5.93. The Kier molecular flexibility index (Phi) is 3.49. The molecule has 0 amide bonds. The van der Waals surface area contributed by atoms with Gasteiger partial charge >= 0.3 is 0 Å². The standard InChI is InChI=1S/C16H21N3O/c1-11(17)15-4-2-3-9-19(15)16-14-10-13(20)6-5-12(14)7-8-18-16/h5-8,10-11,15,20H,2-4,9,17H2,1H3. The third kappa shape index (κ3) is 2.31. The zero-order chi connectivity index (χ0) is 14.1. The van der Waals surface area contributed by atoms with Crippen molar-refractivity contribution in [3.63, 3.8) is 0 Å². The number of nitrogens with zero attached hydrogens (tertiary/aromatic N) is 2. The normalized spacial score (nSPS) is 21.1. The highest BCUT2D eigenvalue weighted by Gasteiger charge is 2.27. The average molecular weight is 271 g/mol. The molecule has 1 aromatic heterocycles. The molecule has 0 radical (unpaired) electrons. The summed E-state index contributed by atoms with van der Waals surface area (Å²) in [5.41, 5.74) is 6.15. The molecule has 1 saturated heterocycles. The summed E-state index contributed by atoms with van der Waals surface area (Å²) in [5, 5.41) is 11.9. The Balaban J connectivity index is 2.10. The number of aromatic nitrogens is 1. The summed E-state index contributed by atoms with van der Waals surface area (Å²) in [6.07, 6.45) is 5.33. The molecular formula is C16H21N3O. The molecule has 0 saturated carbocycles. The van der Waals surface area contributed by atoms with Gasteiger partial charge < -0.3 is 15.7 Å². The van der Waals surface area contributed by atoms with Crippen LogP contribution in [0.15, 0.2) is 30.5 Å². The van der Waals surface area contributed by atoms with E-state index in [1.165, 1.54) is 12.8 Å². The van der Waals surface area contributed by atoms with E-state index in [-0.39, 0.29) is 11.8 Å². The first-order valence-electron chi connectivity index (χ1n) is 7.27. The number of phenols is 1. The van der Waals surface area contributed by atoms with Gasteiger partial charge in [-0.15, -0.1) is 0 Å². The number of aromatic hydroxyl groups is 1. The highest BCUT2D eigenvalue weighted by atomic mass is 16.3. The van der Waals surface area contributed by atoms with Gasteiger partial charge in [0.15, 0.2) is 0 Å². The van der Waals surface area contributed by atoms with Gasteiger partial charge in [-0.2, -0.15) is 0 Å². The fourth-order valence-electron chi connectivity index (χ4n) is 3.14. The average Bonchev–Trinajstić information content (AvgIpc) is 2.46. The third-order valence-electron chi connectivity index (χ3n) is 4.16. The van der Waals surface area contributed by atoms with Crippen molar-refractivity contribution in [2.45, 2.75) is 38.3 Å². The van der Waals surface area contributed by atoms with E-state index in [1.54, 1.807) is 12.1 Å². The van der Waals surface area contributed by atoms with Crippen LogP contribution in [-0.4, -0.2) is 28.7 Å². The zero-order valence-electron chi connectivity index (χ0n) is 11.8. The lowest BCUT2D eigenvalue weighted by atomic mass is 9.96. The van der Waals surface area contributed by atoms with Gasteiger partial charge in [0.2, 0.25) is 0 Å². The van der Waals surface area contributed by atoms with Crippen LogP contribution in [0.25, 0.3) is 10.8 Å². The summed E-state index contributed by atoms with van der Waals surface area (Å²) < 4.78 is 0. The number of fused-ring (bicyclic) bond motifs is 1. The Morgan fingerprint density at radius 3 is 3.00 bits per heavy atom. The van der Waals surface area contributed by atoms with Gasteiger partial charge in [0.05, 0.1) is 0 Å². The molecule has 2 aromatic rings. The summed E-state index contributed by atoms with van der Waals surface area (Å²) in [6.45, 7) is 3.04. The Morgan fingerprint density at radius 1 is 1.35 bits per heavy atom. The lowest BCUT2D eigenvalue weighted by Gasteiger charge is -2.39. The maximum atomic E-state index is 9.76. The van der Waals surface area contributed by atoms with Crippen LogP contribution in [0.3, 0.4) is 0 Å². The number of phenolic OH excluding ortho intramolecular Hbond substituents is 1. The van der Waals surface area contributed by atoms with E-state index >= 15 is 0 Å². The Morgan fingerprint density at radius 2 is 2.20 bits per heavy atom. The Bertz CT molecular complexity index is 612. The summed E-state index contributed by atoms with van der Waals surface area (Å²) >= 11 is 0. The van der Waals surface area contributed by atoms with Crippen molar-refractivity contribution in [1.82, 2.24) is 4.98 Å². The number of hydrogen-bond donors (Lipinski definition) is 2. The lowest BCUT2D eigenvalue weighted by Crippen LogP contribution is -2.49. The van der Waals surface area contributed by atoms with Crippen molar-refractivity contribution < 1.29 is 5.11 Å². The number of nitrogens with two attached hydrogens (primary N) is 1. The predicted molar refractivity (Wildman–Crippen MR) is 82.0 cm³/mol. The third-order valence-corrected chi connectivity index (χ3v) is 4.16. The molecule has 4 nitrogen and oxygen atoms in total. The van der Waals surface area contributed by atoms with Crippen LogP contribution in [0, 0.1) is 0 Å². The first-order chi connectivity index (χ1) is 9.66. The van der Waals surface area contributed by atoms with Crippen molar-refractivity contribution in [3.8, 4) is 5.75 Å². The van der Waals surface area contributed by atoms with Crippen molar-refractivity contribution >= 4 is 16.6 Å². The van der Waals surface area contributed by atoms with Crippen LogP contribution >= 0.6 is 0 Å². The molecule has 2 unspecified atom stereocenters. The second-order valence-electron chi connectivity index (χ2n) is 5.66. The quantitative estimate of drug-likeness (QED) is 0.881. The summed E-state index contributed by atoms with van der Waals surface area (Å²) in [5.74, 6) is 1.22. The Labute approximate surface area is 119 Å². The number of anilines is 1. The van der Waals surface area contributed by atoms with Crippen LogP contribution in [0.1, 0.15) is 26.2 Å². The monoisotopic (exact) mass is 271 g/mol. The largest absolute Gasteiger partial charge is 0.508 e. The molecule has 106 valence electrons. The van der Waals surface area contributed by atoms with Gasteiger partial charge in [-0.05, 0) is 49.8 Å². The van der Waals surface area contributed by atoms with Crippen molar-refractivity contribution in [3.05, 3.63) is 30.5 Å². The second-order valence-corrected chi connectivity index (χ2v) is 5.66. The van der Waals surface area contributed by atoms with Gasteiger partial charge in [0.25, 0.3) is 0 Å². The van der Waals surface area contributed by atoms with E-state index in [4.69, 9.17) is 5.73 Å². The summed E-state index contributed by atoms with van der Waals surface area (Å²) in [7, 11) is 0. The fraction of sp³-hybridized carbons (Fsp3) is 0.438. The van der Waals surface area contributed by atoms with E-state index in [0.29, 0.717) is 6.04 Å². The molecule has 0 aliphatic carbocycles. The first-order valence-corrected chi connectivity index (χ1v) is 7.27. The van der Waals surface area contributed by atoms with E-state index in [0.717, 1.165) is 29.6 Å². The van der Waals surface area contributed by atoms with Gasteiger partial charge in [0, 0.05) is 30.2 Å². The SMILES string of the molecule is CC(N)C1CCCCN1c1nccc2ccc(O)cc12. The molecule has 4 heteroatoms. The molecule has 2 heterocycles. The number of pyridine rings is 1. The Hall–Kier alpha value is -1.81. The van der Waals surface area contributed by atoms with Crippen LogP contribution < -0.4 is 10.6 Å². The topological polar surface area (TPSA) is 62.4 Å². The van der Waals surface area contributed by atoms with Crippen LogP contribution in [0.5, 0.6) is 5.75 Å². The number of hydrogen-bond acceptors (Lipinski definition) is 4. The summed E-state index contributed by atoms with van der Waals surface area (Å²) in [4.78, 5) is 6.88. The van der Waals surface area contributed by atoms with Crippen LogP contribution in [0.4, 0.5) is 5.82 Å². The van der Waals surface area contributed by atoms with Gasteiger partial charge in [-0.3, -0.25) is 0 Å². The molecule has 1 aromatic carbocycles. The molecule has 0 bridgehead atoms. The van der Waals surface area contributed by atoms with E-state index in [1.807, 2.05) is 18.3 Å². The van der Waals surface area contributed by atoms with Gasteiger partial charge in [-0.25, -0.2) is 4.98 Å². The van der Waals surface area contributed by atoms with E-state index < -0.39 is 0 Å². The van der Waals surface area contributed by atoms with Crippen molar-refractivity contribution in [2.24, 2.45) is 5.73 Å². The zero-order valence-corrected chi connectivity index (χ0v) is 11.8. The van der Waals surface area contributed by atoms with Crippen molar-refractivity contribution in [2.75, 3.05) is 11.4 Å². The predicted octanol–water partition coefficient (Wildman–Crippen LogP) is 2.65. The van der Waals surface area contributed by atoms with E-state index in [2.05, 4.69) is 16.8 Å². The fourth-order valence-corrected chi connectivity index (χ4v) is 3.14. The van der Waals surface area contributed by atoms with Gasteiger partial charge in [-0.1, -0.05) is 6.07 Å². The molecule has 3 rings (SSSR count). The van der Waals surface area contributed by atoms with Crippen molar-refractivity contribution in [1.29, 1.82) is 0 Å². The molecule has 1 fully saturated rings. The highest BCUT2D eigenvalue weighted by Crippen LogP contribution is 2.32. The molecule has 0 spiro atoms. The maximum Gasteiger partial charge on any atom is 0.136 e. The van der Waals surface area contributed by atoms with Gasteiger partial charge in [0.1, 0.15) is 11.6 Å². The summed E-state index contributed by atoms with van der Waals surface area (Å²) in [6, 6.07) is 7.86. The first kappa shape index (κ1) is 13.2. The minimum absolute atomic E-state index is 0.115. The maximum absolute atomic E-state index is 9.76. The van der Waals surface area contributed by atoms with E-state index in [9.17, 15) is 5.11 Å². The lowest BCUT2D eigenvalue weighted by molar-refractivity contribution is 0.412. The molecule has 1 aliphatic rings. The van der Waals surface area contributed by atoms with Crippen LogP contribution in [0.2, 0.25) is 0 Å². The van der Waals surface area contributed by atoms with Crippen LogP contribution in [-0.2, 0) is 0 Å². The molecule has 1 aliphatic heterocycles. The molecule has 2 atom stereocenters. The minimum atomic E-state index is 0.115. The number of benzene rings is 1. The number of rotatable bonds is 2. The minimum Gasteiger partial charge on any atom is -0.508 e. The smallest absolute Gasteiger partial charge is 0.136 e. The molecule has 3 N–H and O–H groups in total. The molecular weight excluding hydrogens is 250 g/mol. The second kappa shape index (κ2) is 5.29. The molecule has 20 heavy (non-hydrogen) atoms.